The summed E-state index contributed by atoms with van der Waals surface area (Å²) < 4.78 is 29.1. The van der Waals surface area contributed by atoms with E-state index in [-0.39, 0.29) is 10.8 Å². The van der Waals surface area contributed by atoms with E-state index in [0.717, 1.165) is 24.4 Å². The lowest BCUT2D eigenvalue weighted by Gasteiger charge is -2.36. The molecule has 0 unspecified atom stereocenters. The van der Waals surface area contributed by atoms with Crippen molar-refractivity contribution in [1.29, 1.82) is 0 Å². The van der Waals surface area contributed by atoms with Gasteiger partial charge in [-0.1, -0.05) is 32.0 Å². The number of carbonyl (C=O) groups excluding carboxylic acids is 1. The normalized spacial score (nSPS) is 14.8. The van der Waals surface area contributed by atoms with Crippen LogP contribution in [0.2, 0.25) is 0 Å². The van der Waals surface area contributed by atoms with Crippen LogP contribution in [0.4, 0.5) is 5.69 Å². The first-order valence-corrected chi connectivity index (χ1v) is 13.3. The molecule has 1 fully saturated rings. The molecule has 0 atom stereocenters. The van der Waals surface area contributed by atoms with Gasteiger partial charge in [-0.05, 0) is 30.3 Å². The highest BCUT2D eigenvalue weighted by Crippen LogP contribution is 2.23. The molecule has 9 heteroatoms. The van der Waals surface area contributed by atoms with Gasteiger partial charge >= 0.3 is 0 Å². The smallest absolute Gasteiger partial charge is 0.243 e. The number of para-hydroxylation sites is 1. The maximum absolute atomic E-state index is 12.9. The van der Waals surface area contributed by atoms with E-state index in [4.69, 9.17) is 0 Å². The Balaban J connectivity index is 1.41. The van der Waals surface area contributed by atoms with Gasteiger partial charge in [0, 0.05) is 64.8 Å². The van der Waals surface area contributed by atoms with Crippen LogP contribution >= 0.6 is 0 Å². The summed E-state index contributed by atoms with van der Waals surface area (Å²) in [6.45, 7) is 7.58. The number of aromatic nitrogens is 2. The molecule has 1 aromatic heterocycles. The van der Waals surface area contributed by atoms with Crippen molar-refractivity contribution < 1.29 is 13.2 Å². The van der Waals surface area contributed by atoms with Gasteiger partial charge in [0.1, 0.15) is 5.82 Å². The third-order valence-corrected chi connectivity index (χ3v) is 8.65. The number of anilines is 1. The molecule has 0 bridgehead atoms. The Morgan fingerprint density at radius 2 is 1.68 bits per heavy atom. The number of amides is 1. The van der Waals surface area contributed by atoms with Gasteiger partial charge in [-0.3, -0.25) is 4.79 Å². The van der Waals surface area contributed by atoms with Gasteiger partial charge < -0.3 is 14.4 Å². The van der Waals surface area contributed by atoms with Crippen LogP contribution in [-0.2, 0) is 28.3 Å². The predicted molar refractivity (Wildman–Crippen MR) is 134 cm³/mol. The van der Waals surface area contributed by atoms with Crippen molar-refractivity contribution in [2.24, 2.45) is 7.05 Å². The number of hydrogen-bond acceptors (Lipinski definition) is 5. The largest absolute Gasteiger partial charge is 0.368 e. The van der Waals surface area contributed by atoms with E-state index < -0.39 is 10.0 Å². The van der Waals surface area contributed by atoms with E-state index in [2.05, 4.69) is 22.0 Å². The number of sulfonamides is 1. The Hall–Kier alpha value is -2.91. The van der Waals surface area contributed by atoms with E-state index >= 15 is 0 Å². The lowest BCUT2D eigenvalue weighted by atomic mass is 10.2. The topological polar surface area (TPSA) is 78.8 Å². The number of carbonyl (C=O) groups is 1. The Morgan fingerprint density at radius 3 is 2.32 bits per heavy atom. The van der Waals surface area contributed by atoms with Crippen LogP contribution in [0.15, 0.2) is 53.4 Å². The fraction of sp³-hybridized carbons (Fsp3) is 0.440. The molecule has 8 nitrogen and oxygen atoms in total. The summed E-state index contributed by atoms with van der Waals surface area (Å²) in [5.74, 6) is 0.910. The van der Waals surface area contributed by atoms with Crippen LogP contribution in [0.5, 0.6) is 0 Å². The highest BCUT2D eigenvalue weighted by Gasteiger charge is 2.24. The minimum Gasteiger partial charge on any atom is -0.368 e. The van der Waals surface area contributed by atoms with Crippen molar-refractivity contribution in [1.82, 2.24) is 18.8 Å². The molecule has 4 rings (SSSR count). The summed E-state index contributed by atoms with van der Waals surface area (Å²) in [5, 5.41) is 0. The second kappa shape index (κ2) is 10.1. The summed E-state index contributed by atoms with van der Waals surface area (Å²) in [5.41, 5.74) is 2.68. The number of rotatable bonds is 8. The van der Waals surface area contributed by atoms with E-state index in [1.54, 1.807) is 18.2 Å². The minimum atomic E-state index is -3.54. The van der Waals surface area contributed by atoms with Crippen LogP contribution in [0.3, 0.4) is 0 Å². The quantitative estimate of drug-likeness (QED) is 0.492. The standard InChI is InChI=1S/C25H33N5O3S/c1-4-30(5-2)34(32,33)21-11-12-23-22(19-21)26-24(27(23)3)13-14-25(31)29-17-15-28(16-18-29)20-9-7-6-8-10-20/h6-12,19H,4-5,13-18H2,1-3H3. The Morgan fingerprint density at radius 1 is 1.00 bits per heavy atom. The molecular weight excluding hydrogens is 450 g/mol. The molecule has 0 saturated carbocycles. The monoisotopic (exact) mass is 483 g/mol. The first-order chi connectivity index (χ1) is 16.3. The third kappa shape index (κ3) is 4.81. The summed E-state index contributed by atoms with van der Waals surface area (Å²) >= 11 is 0. The van der Waals surface area contributed by atoms with Crippen molar-refractivity contribution in [2.45, 2.75) is 31.6 Å². The molecule has 0 spiro atoms. The molecule has 1 aliphatic heterocycles. The van der Waals surface area contributed by atoms with E-state index in [9.17, 15) is 13.2 Å². The first-order valence-electron chi connectivity index (χ1n) is 11.9. The van der Waals surface area contributed by atoms with Crippen LogP contribution in [0.25, 0.3) is 11.0 Å². The molecular formula is C25H33N5O3S. The highest BCUT2D eigenvalue weighted by molar-refractivity contribution is 7.89. The third-order valence-electron chi connectivity index (χ3n) is 6.60. The Bertz CT molecular complexity index is 1240. The Kier molecular flexibility index (Phi) is 7.23. The first kappa shape index (κ1) is 24.2. The zero-order chi connectivity index (χ0) is 24.3. The van der Waals surface area contributed by atoms with Crippen molar-refractivity contribution in [3.05, 3.63) is 54.4 Å². The van der Waals surface area contributed by atoms with Crippen molar-refractivity contribution in [3.8, 4) is 0 Å². The zero-order valence-corrected chi connectivity index (χ0v) is 21.0. The van der Waals surface area contributed by atoms with Gasteiger partial charge in [-0.25, -0.2) is 13.4 Å². The van der Waals surface area contributed by atoms with Gasteiger partial charge in [0.05, 0.1) is 15.9 Å². The number of benzene rings is 2. The van der Waals surface area contributed by atoms with Crippen LogP contribution in [-0.4, -0.2) is 72.3 Å². The number of aryl methyl sites for hydroxylation is 2. The van der Waals surface area contributed by atoms with Gasteiger partial charge in [-0.15, -0.1) is 0 Å². The Labute approximate surface area is 201 Å². The average Bonchev–Trinajstić information content (AvgIpc) is 3.18. The molecule has 34 heavy (non-hydrogen) atoms. The number of imidazole rings is 1. The molecule has 3 aromatic rings. The lowest BCUT2D eigenvalue weighted by Crippen LogP contribution is -2.48. The fourth-order valence-corrected chi connectivity index (χ4v) is 6.03. The van der Waals surface area contributed by atoms with E-state index in [1.165, 1.54) is 9.99 Å². The second-order valence-electron chi connectivity index (χ2n) is 8.53. The van der Waals surface area contributed by atoms with Gasteiger partial charge in [-0.2, -0.15) is 4.31 Å². The van der Waals surface area contributed by atoms with Crippen LogP contribution in [0, 0.1) is 0 Å². The summed E-state index contributed by atoms with van der Waals surface area (Å²) in [6, 6.07) is 15.3. The molecule has 1 aliphatic rings. The molecule has 1 saturated heterocycles. The minimum absolute atomic E-state index is 0.129. The number of fused-ring (bicyclic) bond motifs is 1. The maximum atomic E-state index is 12.9. The summed E-state index contributed by atoms with van der Waals surface area (Å²) in [7, 11) is -1.63. The lowest BCUT2D eigenvalue weighted by molar-refractivity contribution is -0.131. The molecule has 0 radical (unpaired) electrons. The van der Waals surface area contributed by atoms with Crippen molar-refractivity contribution in [2.75, 3.05) is 44.2 Å². The van der Waals surface area contributed by atoms with Crippen LogP contribution < -0.4 is 4.90 Å². The fourth-order valence-electron chi connectivity index (χ4n) is 4.56. The van der Waals surface area contributed by atoms with Crippen molar-refractivity contribution in [3.63, 3.8) is 0 Å². The van der Waals surface area contributed by atoms with Gasteiger partial charge in [0.15, 0.2) is 0 Å². The van der Waals surface area contributed by atoms with Gasteiger partial charge in [0.25, 0.3) is 0 Å². The van der Waals surface area contributed by atoms with Crippen molar-refractivity contribution >= 4 is 32.7 Å². The number of hydrogen-bond donors (Lipinski definition) is 0. The van der Waals surface area contributed by atoms with E-state index in [0.29, 0.717) is 44.5 Å². The summed E-state index contributed by atoms with van der Waals surface area (Å²) in [6.07, 6.45) is 0.897. The molecule has 2 aromatic carbocycles. The van der Waals surface area contributed by atoms with Gasteiger partial charge in [0.2, 0.25) is 15.9 Å². The number of piperazine rings is 1. The van der Waals surface area contributed by atoms with E-state index in [1.807, 2.05) is 48.6 Å². The number of nitrogens with zero attached hydrogens (tertiary/aromatic N) is 5. The predicted octanol–water partition coefficient (Wildman–Crippen LogP) is 2.89. The molecule has 0 N–H and O–H groups in total. The molecule has 0 aliphatic carbocycles. The second-order valence-corrected chi connectivity index (χ2v) is 10.5. The highest BCUT2D eigenvalue weighted by atomic mass is 32.2. The molecule has 2 heterocycles. The molecule has 1 amide bonds. The van der Waals surface area contributed by atoms with Crippen LogP contribution in [0.1, 0.15) is 26.1 Å². The maximum Gasteiger partial charge on any atom is 0.243 e. The molecule has 182 valence electrons. The summed E-state index contributed by atoms with van der Waals surface area (Å²) in [4.78, 5) is 22.0. The SMILES string of the molecule is CCN(CC)S(=O)(=O)c1ccc2c(c1)nc(CCC(=O)N1CCN(c3ccccc3)CC1)n2C. The average molecular weight is 484 g/mol. The zero-order valence-electron chi connectivity index (χ0n) is 20.1.